The first kappa shape index (κ1) is 22.4. The molecule has 3 atom stereocenters. The quantitative estimate of drug-likeness (QED) is 0.494. The molecule has 36 heavy (non-hydrogen) atoms. The molecule has 2 aliphatic carbocycles. The highest BCUT2D eigenvalue weighted by Crippen LogP contribution is 2.51. The Kier molecular flexibility index (Phi) is 4.89. The lowest BCUT2D eigenvalue weighted by Crippen LogP contribution is -2.48. The van der Waals surface area contributed by atoms with Crippen LogP contribution in [0.15, 0.2) is 24.3 Å². The van der Waals surface area contributed by atoms with Crippen molar-refractivity contribution in [2.75, 3.05) is 30.3 Å². The molecule has 5 heterocycles. The summed E-state index contributed by atoms with van der Waals surface area (Å²) in [6.45, 7) is 3.84. The maximum absolute atomic E-state index is 13.1. The molecule has 0 aromatic carbocycles. The number of pyridine rings is 2. The normalized spacial score (nSPS) is 28.2. The van der Waals surface area contributed by atoms with Crippen LogP contribution >= 0.6 is 11.3 Å². The number of nitrogen functional groups attached to an aromatic ring is 1. The first-order chi connectivity index (χ1) is 17.3. The number of thiophene rings is 1. The van der Waals surface area contributed by atoms with Crippen molar-refractivity contribution in [3.05, 3.63) is 46.1 Å². The Hall–Kier alpha value is -2.79. The lowest BCUT2D eigenvalue weighted by molar-refractivity contribution is -0.163. The van der Waals surface area contributed by atoms with E-state index in [0.29, 0.717) is 30.3 Å². The van der Waals surface area contributed by atoms with Crippen molar-refractivity contribution in [2.45, 2.75) is 62.5 Å². The summed E-state index contributed by atoms with van der Waals surface area (Å²) in [5.74, 6) is 0.0624. The third kappa shape index (κ3) is 3.58. The highest BCUT2D eigenvalue weighted by molar-refractivity contribution is 7.21. The predicted molar refractivity (Wildman–Crippen MR) is 138 cm³/mol. The number of nitrogens with two attached hydrogens (primary N) is 2. The minimum absolute atomic E-state index is 0.0375. The summed E-state index contributed by atoms with van der Waals surface area (Å²) < 4.78 is 12.4. The zero-order chi connectivity index (χ0) is 24.7. The van der Waals surface area contributed by atoms with E-state index >= 15 is 0 Å². The van der Waals surface area contributed by atoms with E-state index in [1.165, 1.54) is 16.9 Å². The molecule has 3 aromatic rings. The number of nitrogens with zero attached hydrogens (tertiary/aromatic N) is 3. The lowest BCUT2D eigenvalue weighted by atomic mass is 9.91. The molecular weight excluding hydrogens is 476 g/mol. The van der Waals surface area contributed by atoms with Crippen LogP contribution in [0.2, 0.25) is 0 Å². The summed E-state index contributed by atoms with van der Waals surface area (Å²) in [5.41, 5.74) is 16.3. The Balaban J connectivity index is 1.04. The molecule has 2 spiro atoms. The second kappa shape index (κ2) is 7.85. The number of fused-ring (bicyclic) bond motifs is 2. The van der Waals surface area contributed by atoms with Gasteiger partial charge in [0.15, 0.2) is 0 Å². The van der Waals surface area contributed by atoms with Gasteiger partial charge in [0.05, 0.1) is 30.5 Å². The summed E-state index contributed by atoms with van der Waals surface area (Å²) >= 11 is 1.35. The fourth-order valence-corrected chi connectivity index (χ4v) is 6.77. The van der Waals surface area contributed by atoms with E-state index in [-0.39, 0.29) is 23.6 Å². The molecule has 7 rings (SSSR count). The zero-order valence-corrected chi connectivity index (χ0v) is 21.1. The fourth-order valence-electron chi connectivity index (χ4n) is 5.73. The molecule has 9 nitrogen and oxygen atoms in total. The third-order valence-electron chi connectivity index (χ3n) is 8.02. The van der Waals surface area contributed by atoms with E-state index in [4.69, 9.17) is 25.9 Å². The van der Waals surface area contributed by atoms with Crippen LogP contribution in [0.1, 0.15) is 45.9 Å². The molecule has 2 saturated heterocycles. The number of anilines is 2. The SMILES string of the molecule is Cc1ccc2c(N)c(C(=O)NC3CCc4nc(N5CC(N)C6(C5)OCC5(CC5)O6)ccc4C3)sc2n1. The Bertz CT molecular complexity index is 1390. The van der Waals surface area contributed by atoms with Crippen LogP contribution in [-0.2, 0) is 22.3 Å². The Morgan fingerprint density at radius 2 is 2.11 bits per heavy atom. The highest BCUT2D eigenvalue weighted by Gasteiger charge is 2.62. The standard InChI is InChI=1S/C26H30N6O3S/c1-14-2-5-17-21(28)22(36-24(17)29-14)23(33)30-16-4-6-18-15(10-16)3-7-20(31-18)32-11-19(27)26(12-32)34-13-25(35-26)8-9-25/h2-3,5,7,16,19H,4,6,8-13,27-28H2,1H3,(H,30,33). The topological polar surface area (TPSA) is 129 Å². The molecule has 10 heteroatoms. The van der Waals surface area contributed by atoms with Crippen LogP contribution < -0.4 is 21.7 Å². The lowest BCUT2D eigenvalue weighted by Gasteiger charge is -2.27. The highest BCUT2D eigenvalue weighted by atomic mass is 32.1. The number of ether oxygens (including phenoxy) is 2. The number of aryl methyl sites for hydroxylation is 2. The molecule has 1 saturated carbocycles. The molecule has 3 fully saturated rings. The summed E-state index contributed by atoms with van der Waals surface area (Å²) in [4.78, 5) is 26.1. The van der Waals surface area contributed by atoms with Crippen LogP contribution in [-0.4, -0.2) is 59.0 Å². The van der Waals surface area contributed by atoms with Gasteiger partial charge in [0.1, 0.15) is 15.5 Å². The van der Waals surface area contributed by atoms with Crippen LogP contribution in [0, 0.1) is 6.92 Å². The number of carbonyl (C=O) groups is 1. The molecule has 188 valence electrons. The van der Waals surface area contributed by atoms with E-state index in [2.05, 4.69) is 27.3 Å². The molecule has 0 bridgehead atoms. The predicted octanol–water partition coefficient (Wildman–Crippen LogP) is 2.29. The second-order valence-corrected chi connectivity index (χ2v) is 11.7. The third-order valence-corrected chi connectivity index (χ3v) is 9.13. The van der Waals surface area contributed by atoms with Gasteiger partial charge in [-0.3, -0.25) is 4.79 Å². The maximum Gasteiger partial charge on any atom is 0.263 e. The van der Waals surface area contributed by atoms with Crippen molar-refractivity contribution < 1.29 is 14.3 Å². The van der Waals surface area contributed by atoms with Gasteiger partial charge in [-0.05, 0) is 62.8 Å². The monoisotopic (exact) mass is 506 g/mol. The molecule has 2 aliphatic heterocycles. The number of carbonyl (C=O) groups excluding carboxylic acids is 1. The minimum Gasteiger partial charge on any atom is -0.397 e. The smallest absolute Gasteiger partial charge is 0.263 e. The molecule has 0 radical (unpaired) electrons. The van der Waals surface area contributed by atoms with E-state index in [9.17, 15) is 4.79 Å². The van der Waals surface area contributed by atoms with Crippen molar-refractivity contribution >= 4 is 39.0 Å². The van der Waals surface area contributed by atoms with Crippen LogP contribution in [0.4, 0.5) is 11.5 Å². The average Bonchev–Trinajstić information content (AvgIpc) is 3.23. The molecule has 3 aromatic heterocycles. The van der Waals surface area contributed by atoms with Gasteiger partial charge in [0.2, 0.25) is 5.79 Å². The van der Waals surface area contributed by atoms with Gasteiger partial charge in [-0.1, -0.05) is 6.07 Å². The second-order valence-electron chi connectivity index (χ2n) is 10.7. The fraction of sp³-hybridized carbons (Fsp3) is 0.500. The number of aromatic nitrogens is 2. The van der Waals surface area contributed by atoms with Gasteiger partial charge in [0.25, 0.3) is 5.91 Å². The number of amides is 1. The van der Waals surface area contributed by atoms with Crippen molar-refractivity contribution in [3.8, 4) is 0 Å². The number of hydrogen-bond donors (Lipinski definition) is 3. The maximum atomic E-state index is 13.1. The molecule has 5 N–H and O–H groups in total. The van der Waals surface area contributed by atoms with Gasteiger partial charge in [-0.15, -0.1) is 11.3 Å². The summed E-state index contributed by atoms with van der Waals surface area (Å²) in [5, 5.41) is 4.03. The van der Waals surface area contributed by atoms with Gasteiger partial charge in [0, 0.05) is 29.4 Å². The summed E-state index contributed by atoms with van der Waals surface area (Å²) in [6.07, 6.45) is 4.49. The van der Waals surface area contributed by atoms with E-state index < -0.39 is 5.79 Å². The molecule has 3 unspecified atom stereocenters. The summed E-state index contributed by atoms with van der Waals surface area (Å²) in [7, 11) is 0. The van der Waals surface area contributed by atoms with Gasteiger partial charge in [-0.25, -0.2) is 9.97 Å². The number of rotatable bonds is 3. The van der Waals surface area contributed by atoms with Crippen molar-refractivity contribution in [3.63, 3.8) is 0 Å². The molecule has 4 aliphatic rings. The van der Waals surface area contributed by atoms with Crippen molar-refractivity contribution in [1.29, 1.82) is 0 Å². The van der Waals surface area contributed by atoms with E-state index in [0.717, 1.165) is 59.5 Å². The Labute approximate surface area is 213 Å². The Morgan fingerprint density at radius 3 is 2.92 bits per heavy atom. The molecule has 1 amide bonds. The van der Waals surface area contributed by atoms with Crippen LogP contribution in [0.5, 0.6) is 0 Å². The van der Waals surface area contributed by atoms with Crippen molar-refractivity contribution in [2.24, 2.45) is 5.73 Å². The first-order valence-corrected chi connectivity index (χ1v) is 13.4. The first-order valence-electron chi connectivity index (χ1n) is 12.6. The summed E-state index contributed by atoms with van der Waals surface area (Å²) in [6, 6.07) is 7.87. The van der Waals surface area contributed by atoms with Crippen molar-refractivity contribution in [1.82, 2.24) is 15.3 Å². The van der Waals surface area contributed by atoms with E-state index in [1.807, 2.05) is 19.1 Å². The zero-order valence-electron chi connectivity index (χ0n) is 20.3. The minimum atomic E-state index is -0.716. The largest absolute Gasteiger partial charge is 0.397 e. The number of hydrogen-bond acceptors (Lipinski definition) is 9. The van der Waals surface area contributed by atoms with Gasteiger partial charge < -0.3 is 31.2 Å². The number of nitrogens with one attached hydrogen (secondary N) is 1. The Morgan fingerprint density at radius 1 is 1.25 bits per heavy atom. The van der Waals surface area contributed by atoms with E-state index in [1.54, 1.807) is 0 Å². The molecular formula is C26H30N6O3S. The van der Waals surface area contributed by atoms with Crippen LogP contribution in [0.3, 0.4) is 0 Å². The van der Waals surface area contributed by atoms with Gasteiger partial charge in [-0.2, -0.15) is 0 Å². The average molecular weight is 507 g/mol. The van der Waals surface area contributed by atoms with Gasteiger partial charge >= 0.3 is 0 Å². The van der Waals surface area contributed by atoms with Crippen LogP contribution in [0.25, 0.3) is 10.2 Å².